The molecule has 6 nitrogen and oxygen atoms in total. The molecule has 148 valence electrons. The van der Waals surface area contributed by atoms with E-state index in [0.29, 0.717) is 26.1 Å². The van der Waals surface area contributed by atoms with Crippen molar-refractivity contribution in [2.75, 3.05) is 24.6 Å². The summed E-state index contributed by atoms with van der Waals surface area (Å²) in [4.78, 5) is 30.6. The third-order valence-corrected chi connectivity index (χ3v) is 4.99. The lowest BCUT2D eigenvalue weighted by Crippen LogP contribution is -2.52. The van der Waals surface area contributed by atoms with Gasteiger partial charge in [0, 0.05) is 31.9 Å². The topological polar surface area (TPSA) is 62.7 Å². The Hall–Kier alpha value is -2.16. The Bertz CT molecular complexity index is 655. The van der Waals surface area contributed by atoms with Crippen LogP contribution < -0.4 is 4.90 Å². The third kappa shape index (κ3) is 4.77. The van der Waals surface area contributed by atoms with Gasteiger partial charge in [0.2, 0.25) is 5.91 Å². The molecule has 2 aliphatic rings. The zero-order valence-corrected chi connectivity index (χ0v) is 14.8. The highest BCUT2D eigenvalue weighted by Crippen LogP contribution is 2.29. The van der Waals surface area contributed by atoms with Crippen LogP contribution in [0.5, 0.6) is 0 Å². The summed E-state index contributed by atoms with van der Waals surface area (Å²) in [6, 6.07) is 2.30. The van der Waals surface area contributed by atoms with Crippen molar-refractivity contribution in [2.24, 2.45) is 0 Å². The number of rotatable bonds is 4. The molecule has 0 spiro atoms. The normalized spacial score (nSPS) is 21.3. The fraction of sp³-hybridized carbons (Fsp3) is 0.611. The minimum absolute atomic E-state index is 0.0459. The Balaban J connectivity index is 1.65. The van der Waals surface area contributed by atoms with Crippen molar-refractivity contribution in [1.82, 2.24) is 9.88 Å². The van der Waals surface area contributed by atoms with Gasteiger partial charge in [-0.25, -0.2) is 0 Å². The maximum atomic E-state index is 13.1. The number of carbonyl (C=O) groups excluding carboxylic acids is 2. The van der Waals surface area contributed by atoms with Crippen molar-refractivity contribution in [3.63, 3.8) is 0 Å². The van der Waals surface area contributed by atoms with Crippen LogP contribution in [0.25, 0.3) is 0 Å². The van der Waals surface area contributed by atoms with E-state index in [1.54, 1.807) is 4.90 Å². The van der Waals surface area contributed by atoms with Gasteiger partial charge in [-0.05, 0) is 37.8 Å². The number of likely N-dealkylation sites (tertiary alicyclic amines) is 1. The number of pyridine rings is 1. The van der Waals surface area contributed by atoms with Crippen LogP contribution in [-0.4, -0.2) is 59.7 Å². The molecule has 0 saturated carbocycles. The predicted octanol–water partition coefficient (Wildman–Crippen LogP) is 2.54. The van der Waals surface area contributed by atoms with E-state index < -0.39 is 18.1 Å². The van der Waals surface area contributed by atoms with Crippen molar-refractivity contribution in [3.05, 3.63) is 24.5 Å². The van der Waals surface area contributed by atoms with E-state index in [1.165, 1.54) is 24.5 Å². The van der Waals surface area contributed by atoms with Crippen LogP contribution in [0.2, 0.25) is 0 Å². The molecule has 3 heterocycles. The van der Waals surface area contributed by atoms with E-state index in [1.807, 2.05) is 0 Å². The standard InChI is InChI=1S/C18H22F3N3O3/c19-18(20,21)17(26)24(14-3-1-7-22-12-14)13-5-8-23(9-6-13)16(25)11-15-4-2-10-27-15/h1,3,7,12-13,15H,2,4-6,8-11H2. The van der Waals surface area contributed by atoms with Gasteiger partial charge in [0.1, 0.15) is 0 Å². The number of piperidine rings is 1. The largest absolute Gasteiger partial charge is 0.471 e. The number of anilines is 1. The number of ether oxygens (including phenoxy) is 1. The number of nitrogens with zero attached hydrogens (tertiary/aromatic N) is 3. The predicted molar refractivity (Wildman–Crippen MR) is 91.0 cm³/mol. The van der Waals surface area contributed by atoms with E-state index in [4.69, 9.17) is 4.74 Å². The Kier molecular flexibility index (Phi) is 5.98. The van der Waals surface area contributed by atoms with Gasteiger partial charge in [0.05, 0.1) is 24.4 Å². The van der Waals surface area contributed by atoms with E-state index in [-0.39, 0.29) is 30.5 Å². The first-order valence-electron chi connectivity index (χ1n) is 9.06. The highest BCUT2D eigenvalue weighted by molar-refractivity contribution is 5.97. The van der Waals surface area contributed by atoms with Crippen molar-refractivity contribution >= 4 is 17.5 Å². The highest BCUT2D eigenvalue weighted by atomic mass is 19.4. The fourth-order valence-electron chi connectivity index (χ4n) is 3.63. The average molecular weight is 385 g/mol. The van der Waals surface area contributed by atoms with Crippen molar-refractivity contribution < 1.29 is 27.5 Å². The molecule has 27 heavy (non-hydrogen) atoms. The van der Waals surface area contributed by atoms with Crippen LogP contribution in [-0.2, 0) is 14.3 Å². The molecule has 3 rings (SSSR count). The van der Waals surface area contributed by atoms with Gasteiger partial charge in [-0.2, -0.15) is 13.2 Å². The molecule has 2 aliphatic heterocycles. The molecule has 1 aromatic heterocycles. The van der Waals surface area contributed by atoms with Crippen LogP contribution >= 0.6 is 0 Å². The maximum Gasteiger partial charge on any atom is 0.471 e. The number of carbonyl (C=O) groups is 2. The second-order valence-corrected chi connectivity index (χ2v) is 6.84. The molecule has 0 aliphatic carbocycles. The molecular formula is C18H22F3N3O3. The van der Waals surface area contributed by atoms with Gasteiger partial charge in [-0.15, -0.1) is 0 Å². The molecule has 9 heteroatoms. The van der Waals surface area contributed by atoms with Gasteiger partial charge in [0.25, 0.3) is 0 Å². The third-order valence-electron chi connectivity index (χ3n) is 4.99. The molecule has 1 unspecified atom stereocenters. The van der Waals surface area contributed by atoms with Gasteiger partial charge >= 0.3 is 12.1 Å². The summed E-state index contributed by atoms with van der Waals surface area (Å²) in [6.45, 7) is 1.30. The van der Waals surface area contributed by atoms with Gasteiger partial charge in [-0.1, -0.05) is 0 Å². The van der Waals surface area contributed by atoms with E-state index in [9.17, 15) is 22.8 Å². The van der Waals surface area contributed by atoms with E-state index in [0.717, 1.165) is 17.7 Å². The molecule has 1 aromatic rings. The minimum atomic E-state index is -4.97. The monoisotopic (exact) mass is 385 g/mol. The van der Waals surface area contributed by atoms with Crippen LogP contribution in [0, 0.1) is 0 Å². The van der Waals surface area contributed by atoms with Crippen LogP contribution in [0.3, 0.4) is 0 Å². The molecule has 2 fully saturated rings. The first-order chi connectivity index (χ1) is 12.9. The lowest BCUT2D eigenvalue weighted by atomic mass is 10.0. The average Bonchev–Trinajstić information content (AvgIpc) is 3.15. The summed E-state index contributed by atoms with van der Waals surface area (Å²) >= 11 is 0. The van der Waals surface area contributed by atoms with Crippen molar-refractivity contribution in [1.29, 1.82) is 0 Å². The lowest BCUT2D eigenvalue weighted by molar-refractivity contribution is -0.171. The molecule has 0 radical (unpaired) electrons. The number of hydrogen-bond acceptors (Lipinski definition) is 4. The summed E-state index contributed by atoms with van der Waals surface area (Å²) in [7, 11) is 0. The fourth-order valence-corrected chi connectivity index (χ4v) is 3.63. The number of aromatic nitrogens is 1. The van der Waals surface area contributed by atoms with E-state index in [2.05, 4.69) is 4.98 Å². The number of halogens is 3. The summed E-state index contributed by atoms with van der Waals surface area (Å²) in [5.74, 6) is -1.95. The molecule has 0 N–H and O–H groups in total. The first kappa shape index (κ1) is 19.6. The summed E-state index contributed by atoms with van der Waals surface area (Å²) in [5.41, 5.74) is 0.115. The van der Waals surface area contributed by atoms with Crippen LogP contribution in [0.4, 0.5) is 18.9 Å². The van der Waals surface area contributed by atoms with Crippen LogP contribution in [0.1, 0.15) is 32.1 Å². The van der Waals surface area contributed by atoms with Gasteiger partial charge in [-0.3, -0.25) is 19.5 Å². The Morgan fingerprint density at radius 3 is 2.56 bits per heavy atom. The summed E-state index contributed by atoms with van der Waals surface area (Å²) in [5, 5.41) is 0. The van der Waals surface area contributed by atoms with Crippen molar-refractivity contribution in [2.45, 2.75) is 50.4 Å². The summed E-state index contributed by atoms with van der Waals surface area (Å²) in [6.07, 6.45) is 0.332. The zero-order valence-electron chi connectivity index (χ0n) is 14.8. The second-order valence-electron chi connectivity index (χ2n) is 6.84. The smallest absolute Gasteiger partial charge is 0.378 e. The number of amides is 2. The summed E-state index contributed by atoms with van der Waals surface area (Å²) < 4.78 is 44.7. The van der Waals surface area contributed by atoms with Gasteiger partial charge < -0.3 is 9.64 Å². The van der Waals surface area contributed by atoms with Crippen molar-refractivity contribution in [3.8, 4) is 0 Å². The quantitative estimate of drug-likeness (QED) is 0.799. The molecular weight excluding hydrogens is 363 g/mol. The lowest BCUT2D eigenvalue weighted by Gasteiger charge is -2.38. The SMILES string of the molecule is O=C(CC1CCCO1)N1CCC(N(C(=O)C(F)(F)F)c2cccnc2)CC1. The molecule has 2 amide bonds. The maximum absolute atomic E-state index is 13.1. The molecule has 1 atom stereocenters. The number of alkyl halides is 3. The first-order valence-corrected chi connectivity index (χ1v) is 9.06. The minimum Gasteiger partial charge on any atom is -0.378 e. The molecule has 0 aromatic carbocycles. The van der Waals surface area contributed by atoms with Crippen LogP contribution in [0.15, 0.2) is 24.5 Å². The molecule has 2 saturated heterocycles. The number of hydrogen-bond donors (Lipinski definition) is 0. The Morgan fingerprint density at radius 2 is 2.00 bits per heavy atom. The Labute approximate surface area is 155 Å². The molecule has 0 bridgehead atoms. The second kappa shape index (κ2) is 8.24. The zero-order chi connectivity index (χ0) is 19.4. The Morgan fingerprint density at radius 1 is 1.26 bits per heavy atom. The van der Waals surface area contributed by atoms with Gasteiger partial charge in [0.15, 0.2) is 0 Å². The highest BCUT2D eigenvalue weighted by Gasteiger charge is 2.46. The van der Waals surface area contributed by atoms with E-state index >= 15 is 0 Å².